The molecule has 16 heavy (non-hydrogen) atoms. The van der Waals surface area contributed by atoms with E-state index in [0.717, 1.165) is 0 Å². The summed E-state index contributed by atoms with van der Waals surface area (Å²) in [5, 5.41) is 17.5. The molecule has 0 radical (unpaired) electrons. The Bertz CT molecular complexity index is 418. The number of aliphatic carboxylic acids is 2. The van der Waals surface area contributed by atoms with Crippen LogP contribution in [0, 0.1) is 0 Å². The standard InChI is InChI=1S/C9H6Cl2O5/c10-4-1-2-6(5(11)3-4)16-7(8(12)13)9(14)15/h1-3,7H,(H,12,13)(H,14,15). The fraction of sp³-hybridized carbons (Fsp3) is 0.111. The van der Waals surface area contributed by atoms with Gasteiger partial charge < -0.3 is 14.9 Å². The fourth-order valence-corrected chi connectivity index (χ4v) is 1.36. The van der Waals surface area contributed by atoms with Crippen LogP contribution in [0.5, 0.6) is 5.75 Å². The first-order chi connectivity index (χ1) is 7.41. The van der Waals surface area contributed by atoms with E-state index in [-0.39, 0.29) is 10.8 Å². The molecular weight excluding hydrogens is 259 g/mol. The highest BCUT2D eigenvalue weighted by Crippen LogP contribution is 2.28. The maximum absolute atomic E-state index is 10.5. The number of carbonyl (C=O) groups is 2. The Kier molecular flexibility index (Phi) is 3.98. The lowest BCUT2D eigenvalue weighted by atomic mass is 10.3. The third-order valence-corrected chi connectivity index (χ3v) is 2.12. The molecular formula is C9H6Cl2O5. The maximum Gasteiger partial charge on any atom is 0.356 e. The van der Waals surface area contributed by atoms with Gasteiger partial charge >= 0.3 is 11.9 Å². The van der Waals surface area contributed by atoms with Crippen LogP contribution in [-0.2, 0) is 9.59 Å². The van der Waals surface area contributed by atoms with Crippen LogP contribution in [-0.4, -0.2) is 28.3 Å². The van der Waals surface area contributed by atoms with Crippen molar-refractivity contribution in [1.29, 1.82) is 0 Å². The van der Waals surface area contributed by atoms with Gasteiger partial charge in [0, 0.05) is 5.02 Å². The van der Waals surface area contributed by atoms with E-state index < -0.39 is 18.0 Å². The second-order valence-corrected chi connectivity index (χ2v) is 3.59. The molecule has 0 saturated heterocycles. The quantitative estimate of drug-likeness (QED) is 0.812. The Morgan fingerprint density at radius 3 is 2.19 bits per heavy atom. The molecule has 0 aliphatic carbocycles. The zero-order valence-corrected chi connectivity index (χ0v) is 9.20. The average molecular weight is 265 g/mol. The molecule has 0 atom stereocenters. The number of benzene rings is 1. The van der Waals surface area contributed by atoms with Crippen molar-refractivity contribution in [3.05, 3.63) is 28.2 Å². The molecule has 1 rings (SSSR count). The van der Waals surface area contributed by atoms with Crippen LogP contribution in [0.25, 0.3) is 0 Å². The number of ether oxygens (including phenoxy) is 1. The van der Waals surface area contributed by atoms with Crippen molar-refractivity contribution in [2.75, 3.05) is 0 Å². The molecule has 0 heterocycles. The predicted octanol–water partition coefficient (Wildman–Crippen LogP) is 1.91. The van der Waals surface area contributed by atoms with Crippen LogP contribution >= 0.6 is 23.2 Å². The van der Waals surface area contributed by atoms with Gasteiger partial charge in [-0.05, 0) is 18.2 Å². The zero-order valence-electron chi connectivity index (χ0n) is 7.68. The van der Waals surface area contributed by atoms with Gasteiger partial charge in [-0.25, -0.2) is 9.59 Å². The van der Waals surface area contributed by atoms with Gasteiger partial charge in [0.25, 0.3) is 6.10 Å². The Morgan fingerprint density at radius 2 is 1.75 bits per heavy atom. The van der Waals surface area contributed by atoms with Gasteiger partial charge in [-0.15, -0.1) is 0 Å². The van der Waals surface area contributed by atoms with Crippen molar-refractivity contribution in [3.8, 4) is 5.75 Å². The third kappa shape index (κ3) is 3.01. The zero-order chi connectivity index (χ0) is 12.3. The number of rotatable bonds is 4. The lowest BCUT2D eigenvalue weighted by Crippen LogP contribution is -2.35. The van der Waals surface area contributed by atoms with E-state index >= 15 is 0 Å². The van der Waals surface area contributed by atoms with Crippen molar-refractivity contribution in [1.82, 2.24) is 0 Å². The molecule has 1 aromatic carbocycles. The Balaban J connectivity index is 2.94. The van der Waals surface area contributed by atoms with E-state index in [1.54, 1.807) is 0 Å². The lowest BCUT2D eigenvalue weighted by molar-refractivity contribution is -0.158. The molecule has 1 aromatic rings. The number of halogens is 2. The third-order valence-electron chi connectivity index (χ3n) is 1.59. The van der Waals surface area contributed by atoms with E-state index in [1.807, 2.05) is 0 Å². The Hall–Kier alpha value is -1.46. The summed E-state index contributed by atoms with van der Waals surface area (Å²) in [5.41, 5.74) is 0. The minimum absolute atomic E-state index is 0.0417. The monoisotopic (exact) mass is 264 g/mol. The largest absolute Gasteiger partial charge is 0.478 e. The van der Waals surface area contributed by atoms with Crippen molar-refractivity contribution in [3.63, 3.8) is 0 Å². The smallest absolute Gasteiger partial charge is 0.356 e. The first kappa shape index (κ1) is 12.6. The lowest BCUT2D eigenvalue weighted by Gasteiger charge is -2.11. The molecule has 0 saturated carbocycles. The summed E-state index contributed by atoms with van der Waals surface area (Å²) >= 11 is 11.3. The van der Waals surface area contributed by atoms with Crippen molar-refractivity contribution < 1.29 is 24.5 Å². The van der Waals surface area contributed by atoms with Crippen molar-refractivity contribution >= 4 is 35.1 Å². The minimum atomic E-state index is -2.00. The molecule has 0 amide bonds. The van der Waals surface area contributed by atoms with Crippen molar-refractivity contribution in [2.45, 2.75) is 6.10 Å². The molecule has 0 aromatic heterocycles. The van der Waals surface area contributed by atoms with Gasteiger partial charge in [0.2, 0.25) is 0 Å². The highest BCUT2D eigenvalue weighted by atomic mass is 35.5. The molecule has 0 unspecified atom stereocenters. The van der Waals surface area contributed by atoms with Gasteiger partial charge in [0.1, 0.15) is 5.75 Å². The van der Waals surface area contributed by atoms with E-state index in [0.29, 0.717) is 5.02 Å². The Labute approximate surface area is 100 Å². The summed E-state index contributed by atoms with van der Waals surface area (Å²) in [4.78, 5) is 21.1. The molecule has 5 nitrogen and oxygen atoms in total. The highest BCUT2D eigenvalue weighted by Gasteiger charge is 2.28. The molecule has 86 valence electrons. The number of carboxylic acids is 2. The topological polar surface area (TPSA) is 83.8 Å². The van der Waals surface area contributed by atoms with Gasteiger partial charge in [0.05, 0.1) is 5.02 Å². The second-order valence-electron chi connectivity index (χ2n) is 2.75. The summed E-state index contributed by atoms with van der Waals surface area (Å²) in [7, 11) is 0. The summed E-state index contributed by atoms with van der Waals surface area (Å²) in [6, 6.07) is 4.02. The molecule has 0 spiro atoms. The average Bonchev–Trinajstić information content (AvgIpc) is 2.15. The van der Waals surface area contributed by atoms with E-state index in [9.17, 15) is 9.59 Å². The first-order valence-corrected chi connectivity index (χ1v) is 4.74. The maximum atomic E-state index is 10.5. The number of carboxylic acid groups (broad SMARTS) is 2. The van der Waals surface area contributed by atoms with Crippen LogP contribution in [0.3, 0.4) is 0 Å². The molecule has 0 aliphatic rings. The van der Waals surface area contributed by atoms with Gasteiger partial charge in [-0.2, -0.15) is 0 Å². The molecule has 2 N–H and O–H groups in total. The molecule has 0 bridgehead atoms. The molecule has 7 heteroatoms. The van der Waals surface area contributed by atoms with Crippen LogP contribution in [0.15, 0.2) is 18.2 Å². The number of hydrogen-bond acceptors (Lipinski definition) is 3. The molecule has 0 aliphatic heterocycles. The fourth-order valence-electron chi connectivity index (χ4n) is 0.904. The van der Waals surface area contributed by atoms with E-state index in [4.69, 9.17) is 38.2 Å². The summed E-state index contributed by atoms with van der Waals surface area (Å²) < 4.78 is 4.73. The predicted molar refractivity (Wildman–Crippen MR) is 56.1 cm³/mol. The van der Waals surface area contributed by atoms with E-state index in [1.165, 1.54) is 18.2 Å². The normalized spacial score (nSPS) is 10.2. The van der Waals surface area contributed by atoms with Gasteiger partial charge in [0.15, 0.2) is 0 Å². The van der Waals surface area contributed by atoms with Gasteiger partial charge in [-0.1, -0.05) is 23.2 Å². The minimum Gasteiger partial charge on any atom is -0.478 e. The SMILES string of the molecule is O=C(O)C(Oc1ccc(Cl)cc1Cl)C(=O)O. The van der Waals surface area contributed by atoms with Crippen molar-refractivity contribution in [2.24, 2.45) is 0 Å². The van der Waals surface area contributed by atoms with E-state index in [2.05, 4.69) is 0 Å². The Morgan fingerprint density at radius 1 is 1.19 bits per heavy atom. The summed E-state index contributed by atoms with van der Waals surface area (Å²) in [6.07, 6.45) is -2.00. The second kappa shape index (κ2) is 5.05. The molecule has 0 fully saturated rings. The van der Waals surface area contributed by atoms with Crippen LogP contribution in [0.1, 0.15) is 0 Å². The van der Waals surface area contributed by atoms with Crippen LogP contribution in [0.4, 0.5) is 0 Å². The summed E-state index contributed by atoms with van der Waals surface area (Å²) in [5.74, 6) is -3.28. The van der Waals surface area contributed by atoms with Crippen LogP contribution in [0.2, 0.25) is 10.0 Å². The van der Waals surface area contributed by atoms with Gasteiger partial charge in [-0.3, -0.25) is 0 Å². The first-order valence-electron chi connectivity index (χ1n) is 3.99. The highest BCUT2D eigenvalue weighted by molar-refractivity contribution is 6.35. The van der Waals surface area contributed by atoms with Crippen LogP contribution < -0.4 is 4.74 Å². The number of hydrogen-bond donors (Lipinski definition) is 2. The summed E-state index contributed by atoms with van der Waals surface area (Å²) in [6.45, 7) is 0.